The van der Waals surface area contributed by atoms with Crippen LogP contribution in [0, 0.1) is 0 Å². The number of aromatic nitrogens is 3. The average molecular weight is 443 g/mol. The molecule has 1 fully saturated rings. The summed E-state index contributed by atoms with van der Waals surface area (Å²) in [6.45, 7) is 2.37. The first-order chi connectivity index (χ1) is 15.5. The van der Waals surface area contributed by atoms with Gasteiger partial charge in [-0.05, 0) is 29.8 Å². The van der Waals surface area contributed by atoms with Gasteiger partial charge in [-0.2, -0.15) is 33.2 Å². The fraction of sp³-hybridized carbons (Fsp3) is 0.238. The van der Waals surface area contributed by atoms with E-state index in [9.17, 15) is 13.2 Å². The van der Waals surface area contributed by atoms with Crippen molar-refractivity contribution in [2.24, 2.45) is 5.10 Å². The molecule has 166 valence electrons. The van der Waals surface area contributed by atoms with Gasteiger partial charge in [0.25, 0.3) is 0 Å². The summed E-state index contributed by atoms with van der Waals surface area (Å²) in [7, 11) is 0. The molecule has 0 amide bonds. The Kier molecular flexibility index (Phi) is 6.45. The van der Waals surface area contributed by atoms with Crippen molar-refractivity contribution in [3.05, 3.63) is 65.7 Å². The second kappa shape index (κ2) is 9.60. The molecule has 8 nitrogen and oxygen atoms in total. The number of ether oxygens (including phenoxy) is 1. The van der Waals surface area contributed by atoms with Crippen LogP contribution >= 0.6 is 0 Å². The zero-order valence-electron chi connectivity index (χ0n) is 16.9. The van der Waals surface area contributed by atoms with Gasteiger partial charge in [0.05, 0.1) is 25.0 Å². The molecule has 0 radical (unpaired) electrons. The van der Waals surface area contributed by atoms with Crippen LogP contribution in [0.3, 0.4) is 0 Å². The Morgan fingerprint density at radius 2 is 1.69 bits per heavy atom. The summed E-state index contributed by atoms with van der Waals surface area (Å²) >= 11 is 0. The molecule has 1 saturated heterocycles. The van der Waals surface area contributed by atoms with E-state index in [4.69, 9.17) is 4.74 Å². The van der Waals surface area contributed by atoms with Gasteiger partial charge in [-0.3, -0.25) is 0 Å². The van der Waals surface area contributed by atoms with Gasteiger partial charge in [0.1, 0.15) is 0 Å². The number of alkyl halides is 3. The third kappa shape index (κ3) is 5.70. The van der Waals surface area contributed by atoms with E-state index in [2.05, 4.69) is 30.8 Å². The van der Waals surface area contributed by atoms with E-state index in [-0.39, 0.29) is 11.5 Å². The third-order valence-electron chi connectivity index (χ3n) is 4.54. The minimum absolute atomic E-state index is 0.156. The number of halogens is 3. The maximum Gasteiger partial charge on any atom is 0.416 e. The maximum absolute atomic E-state index is 12.9. The molecule has 3 aromatic rings. The standard InChI is InChI=1S/C21H20F3N7O/c22-21(23,24)16-6-4-5-15(13-16)14-25-30-19-27-18(26-17-7-2-1-3-8-17)28-20(29-19)31-9-11-32-12-10-31/h1-8,13-14H,9-12H2,(H2,26,27,28,29,30)/b25-14-. The van der Waals surface area contributed by atoms with Crippen molar-refractivity contribution in [1.29, 1.82) is 0 Å². The SMILES string of the molecule is FC(F)(F)c1cccc(/C=N\Nc2nc(Nc3ccccc3)nc(N3CCOCC3)n2)c1. The van der Waals surface area contributed by atoms with Crippen molar-refractivity contribution in [3.8, 4) is 0 Å². The molecule has 0 aliphatic carbocycles. The minimum atomic E-state index is -4.42. The Bertz CT molecular complexity index is 1070. The lowest BCUT2D eigenvalue weighted by molar-refractivity contribution is -0.137. The van der Waals surface area contributed by atoms with Crippen molar-refractivity contribution < 1.29 is 17.9 Å². The molecule has 0 atom stereocenters. The molecule has 4 rings (SSSR count). The normalized spacial score (nSPS) is 14.5. The van der Waals surface area contributed by atoms with Gasteiger partial charge in [-0.25, -0.2) is 5.43 Å². The summed E-state index contributed by atoms with van der Waals surface area (Å²) < 4.78 is 44.1. The topological polar surface area (TPSA) is 87.6 Å². The number of nitrogens with one attached hydrogen (secondary N) is 2. The summed E-state index contributed by atoms with van der Waals surface area (Å²) in [4.78, 5) is 15.1. The number of rotatable bonds is 6. The Morgan fingerprint density at radius 1 is 0.938 bits per heavy atom. The van der Waals surface area contributed by atoms with Crippen LogP contribution in [0.4, 0.5) is 36.7 Å². The lowest BCUT2D eigenvalue weighted by Gasteiger charge is -2.27. The third-order valence-corrected chi connectivity index (χ3v) is 4.54. The van der Waals surface area contributed by atoms with Gasteiger partial charge < -0.3 is 15.0 Å². The van der Waals surface area contributed by atoms with Crippen molar-refractivity contribution in [3.63, 3.8) is 0 Å². The van der Waals surface area contributed by atoms with E-state index < -0.39 is 11.7 Å². The first kappa shape index (κ1) is 21.5. The van der Waals surface area contributed by atoms with Crippen LogP contribution in [0.1, 0.15) is 11.1 Å². The van der Waals surface area contributed by atoms with Gasteiger partial charge in [-0.1, -0.05) is 30.3 Å². The van der Waals surface area contributed by atoms with Crippen LogP contribution in [0.5, 0.6) is 0 Å². The summed E-state index contributed by atoms with van der Waals surface area (Å²) in [5.74, 6) is 0.908. The number of hydrogen-bond acceptors (Lipinski definition) is 8. The van der Waals surface area contributed by atoms with Gasteiger partial charge in [-0.15, -0.1) is 0 Å². The van der Waals surface area contributed by atoms with Crippen molar-refractivity contribution in [2.75, 3.05) is 41.9 Å². The van der Waals surface area contributed by atoms with Crippen LogP contribution < -0.4 is 15.6 Å². The Hall–Kier alpha value is -3.73. The lowest BCUT2D eigenvalue weighted by atomic mass is 10.1. The van der Waals surface area contributed by atoms with Crippen LogP contribution in [-0.2, 0) is 10.9 Å². The zero-order chi connectivity index (χ0) is 22.4. The molecule has 0 spiro atoms. The number of hydrogen-bond donors (Lipinski definition) is 2. The van der Waals surface area contributed by atoms with Crippen LogP contribution in [0.15, 0.2) is 59.7 Å². The highest BCUT2D eigenvalue weighted by Crippen LogP contribution is 2.29. The highest BCUT2D eigenvalue weighted by atomic mass is 19.4. The second-order valence-corrected chi connectivity index (χ2v) is 6.87. The molecule has 1 aromatic heterocycles. The molecule has 1 aliphatic rings. The molecule has 0 saturated carbocycles. The Morgan fingerprint density at radius 3 is 2.44 bits per heavy atom. The molecular weight excluding hydrogens is 423 g/mol. The summed E-state index contributed by atoms with van der Waals surface area (Å²) in [6.07, 6.45) is -3.14. The molecule has 0 bridgehead atoms. The Labute approximate surface area is 182 Å². The molecule has 2 heterocycles. The second-order valence-electron chi connectivity index (χ2n) is 6.87. The summed E-state index contributed by atoms with van der Waals surface area (Å²) in [6, 6.07) is 14.3. The van der Waals surface area contributed by atoms with Gasteiger partial charge in [0.2, 0.25) is 17.8 Å². The van der Waals surface area contributed by atoms with Crippen molar-refractivity contribution in [1.82, 2.24) is 15.0 Å². The van der Waals surface area contributed by atoms with Crippen LogP contribution in [0.25, 0.3) is 0 Å². The first-order valence-electron chi connectivity index (χ1n) is 9.84. The van der Waals surface area contributed by atoms with Crippen molar-refractivity contribution in [2.45, 2.75) is 6.18 Å². The van der Waals surface area contributed by atoms with Gasteiger partial charge in [0.15, 0.2) is 0 Å². The predicted molar refractivity (Wildman–Crippen MR) is 115 cm³/mol. The average Bonchev–Trinajstić information content (AvgIpc) is 2.80. The smallest absolute Gasteiger partial charge is 0.378 e. The zero-order valence-corrected chi connectivity index (χ0v) is 16.9. The lowest BCUT2D eigenvalue weighted by Crippen LogP contribution is -2.37. The Balaban J connectivity index is 1.55. The molecule has 0 unspecified atom stereocenters. The summed E-state index contributed by atoms with van der Waals surface area (Å²) in [5, 5.41) is 7.12. The number of morpholine rings is 1. The largest absolute Gasteiger partial charge is 0.416 e. The molecule has 2 aromatic carbocycles. The fourth-order valence-corrected chi connectivity index (χ4v) is 2.99. The quantitative estimate of drug-likeness (QED) is 0.441. The monoisotopic (exact) mass is 443 g/mol. The van der Waals surface area contributed by atoms with Crippen LogP contribution in [0.2, 0.25) is 0 Å². The number of nitrogens with zero attached hydrogens (tertiary/aromatic N) is 5. The number of benzene rings is 2. The highest BCUT2D eigenvalue weighted by molar-refractivity contribution is 5.80. The number of hydrazone groups is 1. The van der Waals surface area contributed by atoms with E-state index in [1.807, 2.05) is 35.2 Å². The molecule has 1 aliphatic heterocycles. The van der Waals surface area contributed by atoms with E-state index in [1.54, 1.807) is 0 Å². The predicted octanol–water partition coefficient (Wildman–Crippen LogP) is 3.92. The van der Waals surface area contributed by atoms with E-state index >= 15 is 0 Å². The fourth-order valence-electron chi connectivity index (χ4n) is 2.99. The van der Waals surface area contributed by atoms with Gasteiger partial charge in [0, 0.05) is 18.8 Å². The van der Waals surface area contributed by atoms with E-state index in [0.29, 0.717) is 38.2 Å². The molecular formula is C21H20F3N7O. The summed E-state index contributed by atoms with van der Waals surface area (Å²) in [5.41, 5.74) is 3.03. The minimum Gasteiger partial charge on any atom is -0.378 e. The first-order valence-corrected chi connectivity index (χ1v) is 9.84. The number of para-hydroxylation sites is 1. The molecule has 32 heavy (non-hydrogen) atoms. The van der Waals surface area contributed by atoms with Gasteiger partial charge >= 0.3 is 6.18 Å². The molecule has 2 N–H and O–H groups in total. The maximum atomic E-state index is 12.9. The molecule has 11 heteroatoms. The van der Waals surface area contributed by atoms with E-state index in [0.717, 1.165) is 17.8 Å². The van der Waals surface area contributed by atoms with Crippen molar-refractivity contribution >= 4 is 29.7 Å². The highest BCUT2D eigenvalue weighted by Gasteiger charge is 2.30. The number of anilines is 4. The van der Waals surface area contributed by atoms with Crippen LogP contribution in [-0.4, -0.2) is 47.5 Å². The van der Waals surface area contributed by atoms with E-state index in [1.165, 1.54) is 18.3 Å².